The molecule has 4 rings (SSSR count). The summed E-state index contributed by atoms with van der Waals surface area (Å²) in [5.41, 5.74) is 1.47. The van der Waals surface area contributed by atoms with Crippen LogP contribution in [0.25, 0.3) is 5.76 Å². The maximum absolute atomic E-state index is 13.0. The zero-order valence-electron chi connectivity index (χ0n) is 15.5. The smallest absolute Gasteiger partial charge is 0.295 e. The van der Waals surface area contributed by atoms with Crippen molar-refractivity contribution in [1.29, 1.82) is 0 Å². The number of rotatable bonds is 3. The van der Waals surface area contributed by atoms with Crippen molar-refractivity contribution in [2.24, 2.45) is 0 Å². The zero-order chi connectivity index (χ0) is 19.7. The molecule has 5 heteroatoms. The molecular formula is C23H22ClNO3. The van der Waals surface area contributed by atoms with E-state index < -0.39 is 17.7 Å². The largest absolute Gasteiger partial charge is 0.507 e. The summed E-state index contributed by atoms with van der Waals surface area (Å²) in [7, 11) is 0. The van der Waals surface area contributed by atoms with E-state index in [9.17, 15) is 14.7 Å². The Morgan fingerprint density at radius 3 is 2.21 bits per heavy atom. The summed E-state index contributed by atoms with van der Waals surface area (Å²) in [5.74, 6) is -1.27. The van der Waals surface area contributed by atoms with Crippen molar-refractivity contribution in [2.45, 2.75) is 44.2 Å². The van der Waals surface area contributed by atoms with Crippen LogP contribution in [0.4, 0.5) is 0 Å². The van der Waals surface area contributed by atoms with Gasteiger partial charge in [0, 0.05) is 16.6 Å². The van der Waals surface area contributed by atoms with Crippen LogP contribution >= 0.6 is 11.6 Å². The molecule has 0 bridgehead atoms. The molecule has 2 aromatic carbocycles. The zero-order valence-corrected chi connectivity index (χ0v) is 16.2. The summed E-state index contributed by atoms with van der Waals surface area (Å²) < 4.78 is 0. The molecule has 0 radical (unpaired) electrons. The first-order chi connectivity index (χ1) is 13.6. The van der Waals surface area contributed by atoms with Crippen LogP contribution in [-0.2, 0) is 9.59 Å². The van der Waals surface area contributed by atoms with Gasteiger partial charge in [0.25, 0.3) is 11.7 Å². The van der Waals surface area contributed by atoms with Crippen molar-refractivity contribution in [2.75, 3.05) is 0 Å². The van der Waals surface area contributed by atoms with E-state index in [0.717, 1.165) is 37.7 Å². The van der Waals surface area contributed by atoms with Crippen molar-refractivity contribution in [3.05, 3.63) is 76.3 Å². The molecule has 28 heavy (non-hydrogen) atoms. The number of benzene rings is 2. The topological polar surface area (TPSA) is 57.6 Å². The fourth-order valence-electron chi connectivity index (χ4n) is 4.31. The highest BCUT2D eigenvalue weighted by Crippen LogP contribution is 2.43. The van der Waals surface area contributed by atoms with Crippen LogP contribution in [0.1, 0.15) is 49.3 Å². The highest BCUT2D eigenvalue weighted by atomic mass is 35.5. The Morgan fingerprint density at radius 1 is 0.929 bits per heavy atom. The van der Waals surface area contributed by atoms with Gasteiger partial charge in [-0.15, -0.1) is 0 Å². The highest BCUT2D eigenvalue weighted by Gasteiger charge is 2.48. The van der Waals surface area contributed by atoms with Crippen LogP contribution in [0.2, 0.25) is 5.02 Å². The minimum absolute atomic E-state index is 0.00644. The van der Waals surface area contributed by atoms with E-state index in [4.69, 9.17) is 11.6 Å². The van der Waals surface area contributed by atoms with Crippen molar-refractivity contribution >= 4 is 29.1 Å². The number of aliphatic hydroxyl groups excluding tert-OH is 1. The van der Waals surface area contributed by atoms with Crippen LogP contribution in [0.3, 0.4) is 0 Å². The third kappa shape index (κ3) is 3.33. The second-order valence-electron chi connectivity index (χ2n) is 7.42. The van der Waals surface area contributed by atoms with Crippen LogP contribution in [0.15, 0.2) is 60.2 Å². The average molecular weight is 396 g/mol. The Kier molecular flexibility index (Phi) is 5.23. The molecule has 2 aliphatic rings. The van der Waals surface area contributed by atoms with Crippen molar-refractivity contribution < 1.29 is 14.7 Å². The minimum Gasteiger partial charge on any atom is -0.507 e. The lowest BCUT2D eigenvalue weighted by Gasteiger charge is -2.35. The Labute approximate surface area is 169 Å². The van der Waals surface area contributed by atoms with Crippen LogP contribution in [0.5, 0.6) is 0 Å². The number of carbonyl (C=O) groups excluding carboxylic acids is 2. The maximum atomic E-state index is 13.0. The van der Waals surface area contributed by atoms with Gasteiger partial charge in [0.05, 0.1) is 11.6 Å². The van der Waals surface area contributed by atoms with Gasteiger partial charge in [-0.05, 0) is 30.5 Å². The van der Waals surface area contributed by atoms with Gasteiger partial charge in [0.15, 0.2) is 0 Å². The maximum Gasteiger partial charge on any atom is 0.295 e. The van der Waals surface area contributed by atoms with Gasteiger partial charge in [-0.25, -0.2) is 0 Å². The molecule has 1 aliphatic heterocycles. The molecule has 1 atom stereocenters. The first-order valence-corrected chi connectivity index (χ1v) is 10.1. The SMILES string of the molecule is O=C1C(=O)N(C2CCCCC2)C(c2ccc(Cl)cc2)C1=C(O)c1ccccc1. The lowest BCUT2D eigenvalue weighted by Crippen LogP contribution is -2.40. The van der Waals surface area contributed by atoms with E-state index in [2.05, 4.69) is 0 Å². The van der Waals surface area contributed by atoms with Crippen molar-refractivity contribution in [3.8, 4) is 0 Å². The molecule has 1 saturated carbocycles. The summed E-state index contributed by atoms with van der Waals surface area (Å²) in [6.45, 7) is 0. The van der Waals surface area contributed by atoms with Crippen molar-refractivity contribution in [3.63, 3.8) is 0 Å². The number of halogens is 1. The Bertz CT molecular complexity index is 915. The fourth-order valence-corrected chi connectivity index (χ4v) is 4.44. The molecular weight excluding hydrogens is 374 g/mol. The lowest BCUT2D eigenvalue weighted by atomic mass is 9.91. The number of carbonyl (C=O) groups is 2. The molecule has 1 aliphatic carbocycles. The molecule has 1 N–H and O–H groups in total. The molecule has 2 fully saturated rings. The molecule has 4 nitrogen and oxygen atoms in total. The van der Waals surface area contributed by atoms with Gasteiger partial charge in [-0.2, -0.15) is 0 Å². The van der Waals surface area contributed by atoms with Crippen LogP contribution in [0, 0.1) is 0 Å². The Balaban J connectivity index is 1.86. The quantitative estimate of drug-likeness (QED) is 0.447. The summed E-state index contributed by atoms with van der Waals surface area (Å²) in [4.78, 5) is 27.7. The number of nitrogens with zero attached hydrogens (tertiary/aromatic N) is 1. The number of Topliss-reactive ketones (excluding diaryl/α,β-unsaturated/α-hetero) is 1. The number of aliphatic hydroxyl groups is 1. The van der Waals surface area contributed by atoms with Gasteiger partial charge >= 0.3 is 0 Å². The molecule has 1 heterocycles. The van der Waals surface area contributed by atoms with E-state index in [0.29, 0.717) is 10.6 Å². The summed E-state index contributed by atoms with van der Waals surface area (Å²) in [6, 6.07) is 15.5. The van der Waals surface area contributed by atoms with E-state index >= 15 is 0 Å². The normalized spacial score (nSPS) is 22.6. The Hall–Kier alpha value is -2.59. The van der Waals surface area contributed by atoms with Crippen LogP contribution < -0.4 is 0 Å². The predicted molar refractivity (Wildman–Crippen MR) is 109 cm³/mol. The lowest BCUT2D eigenvalue weighted by molar-refractivity contribution is -0.141. The number of hydrogen-bond acceptors (Lipinski definition) is 3. The van der Waals surface area contributed by atoms with Crippen molar-refractivity contribution in [1.82, 2.24) is 4.90 Å². The number of hydrogen-bond donors (Lipinski definition) is 1. The molecule has 2 aromatic rings. The molecule has 0 spiro atoms. The fraction of sp³-hybridized carbons (Fsp3) is 0.304. The third-order valence-electron chi connectivity index (χ3n) is 5.68. The van der Waals surface area contributed by atoms with Gasteiger partial charge < -0.3 is 10.0 Å². The Morgan fingerprint density at radius 2 is 1.57 bits per heavy atom. The van der Waals surface area contributed by atoms with Crippen LogP contribution in [-0.4, -0.2) is 27.7 Å². The second-order valence-corrected chi connectivity index (χ2v) is 7.85. The van der Waals surface area contributed by atoms with Gasteiger partial charge in [0.1, 0.15) is 5.76 Å². The number of likely N-dealkylation sites (tertiary alicyclic amines) is 1. The highest BCUT2D eigenvalue weighted by molar-refractivity contribution is 6.46. The number of ketones is 1. The third-order valence-corrected chi connectivity index (χ3v) is 5.93. The standard InChI is InChI=1S/C23H22ClNO3/c24-17-13-11-15(12-14-17)20-19(21(26)16-7-3-1-4-8-16)22(27)23(28)25(20)18-9-5-2-6-10-18/h1,3-4,7-8,11-14,18,20,26H,2,5-6,9-10H2. The second kappa shape index (κ2) is 7.80. The van der Waals surface area contributed by atoms with Gasteiger partial charge in [0.2, 0.25) is 0 Å². The van der Waals surface area contributed by atoms with Gasteiger partial charge in [-0.1, -0.05) is 73.3 Å². The summed E-state index contributed by atoms with van der Waals surface area (Å²) in [5, 5.41) is 11.5. The van der Waals surface area contributed by atoms with E-state index in [1.165, 1.54) is 0 Å². The predicted octanol–water partition coefficient (Wildman–Crippen LogP) is 5.09. The average Bonchev–Trinajstić information content (AvgIpc) is 3.00. The first kappa shape index (κ1) is 18.8. The van der Waals surface area contributed by atoms with E-state index in [-0.39, 0.29) is 17.4 Å². The first-order valence-electron chi connectivity index (χ1n) is 9.69. The summed E-state index contributed by atoms with van der Waals surface area (Å²) in [6.07, 6.45) is 4.99. The molecule has 1 unspecified atom stereocenters. The van der Waals surface area contributed by atoms with E-state index in [1.807, 2.05) is 18.2 Å². The van der Waals surface area contributed by atoms with E-state index in [1.54, 1.807) is 41.3 Å². The molecule has 144 valence electrons. The molecule has 1 amide bonds. The van der Waals surface area contributed by atoms with Gasteiger partial charge in [-0.3, -0.25) is 9.59 Å². The minimum atomic E-state index is -0.619. The summed E-state index contributed by atoms with van der Waals surface area (Å²) >= 11 is 6.05. The molecule has 1 saturated heterocycles. The monoisotopic (exact) mass is 395 g/mol. The molecule has 0 aromatic heterocycles. The number of amides is 1.